The van der Waals surface area contributed by atoms with Gasteiger partial charge in [-0.15, -0.1) is 12.4 Å². The third-order valence-electron chi connectivity index (χ3n) is 3.50. The van der Waals surface area contributed by atoms with Crippen LogP contribution in [0.4, 0.5) is 8.78 Å². The summed E-state index contributed by atoms with van der Waals surface area (Å²) in [5.41, 5.74) is 0.774. The lowest BCUT2D eigenvalue weighted by Crippen LogP contribution is -2.42. The van der Waals surface area contributed by atoms with Crippen molar-refractivity contribution in [3.8, 4) is 5.75 Å². The van der Waals surface area contributed by atoms with Gasteiger partial charge >= 0.3 is 0 Å². The SMILES string of the molecule is Cl.O=C(NC1COc2ccc(Cl)cc21)C1CC(F)(F)CN1. The lowest BCUT2D eigenvalue weighted by Gasteiger charge is -2.15. The molecule has 0 saturated carbocycles. The van der Waals surface area contributed by atoms with Crippen LogP contribution in [-0.4, -0.2) is 31.0 Å². The topological polar surface area (TPSA) is 50.4 Å². The van der Waals surface area contributed by atoms with Crippen LogP contribution in [0.2, 0.25) is 5.02 Å². The highest BCUT2D eigenvalue weighted by atomic mass is 35.5. The number of halogens is 4. The van der Waals surface area contributed by atoms with E-state index >= 15 is 0 Å². The minimum Gasteiger partial charge on any atom is -0.491 e. The molecule has 4 nitrogen and oxygen atoms in total. The van der Waals surface area contributed by atoms with Crippen molar-refractivity contribution >= 4 is 29.9 Å². The van der Waals surface area contributed by atoms with Crippen LogP contribution in [0.25, 0.3) is 0 Å². The molecule has 8 heteroatoms. The molecule has 2 N–H and O–H groups in total. The van der Waals surface area contributed by atoms with Gasteiger partial charge in [-0.3, -0.25) is 10.1 Å². The zero-order chi connectivity index (χ0) is 14.3. The summed E-state index contributed by atoms with van der Waals surface area (Å²) in [4.78, 5) is 12.0. The molecule has 1 aromatic carbocycles. The van der Waals surface area contributed by atoms with Crippen LogP contribution in [-0.2, 0) is 4.79 Å². The summed E-state index contributed by atoms with van der Waals surface area (Å²) in [5.74, 6) is -2.61. The molecule has 116 valence electrons. The van der Waals surface area contributed by atoms with E-state index in [-0.39, 0.29) is 25.1 Å². The van der Waals surface area contributed by atoms with E-state index < -0.39 is 30.8 Å². The van der Waals surface area contributed by atoms with E-state index in [0.29, 0.717) is 10.8 Å². The monoisotopic (exact) mass is 338 g/mol. The van der Waals surface area contributed by atoms with Crippen molar-refractivity contribution in [2.24, 2.45) is 0 Å². The second-order valence-electron chi connectivity index (χ2n) is 5.05. The first-order valence-electron chi connectivity index (χ1n) is 6.28. The summed E-state index contributed by atoms with van der Waals surface area (Å²) < 4.78 is 31.6. The summed E-state index contributed by atoms with van der Waals surface area (Å²) in [7, 11) is 0. The van der Waals surface area contributed by atoms with Crippen LogP contribution in [0.15, 0.2) is 18.2 Å². The van der Waals surface area contributed by atoms with Crippen LogP contribution < -0.4 is 15.4 Å². The molecule has 2 aliphatic heterocycles. The number of nitrogens with one attached hydrogen (secondary N) is 2. The number of fused-ring (bicyclic) bond motifs is 1. The number of carbonyl (C=O) groups is 1. The number of ether oxygens (including phenoxy) is 1. The Balaban J connectivity index is 0.00000161. The average Bonchev–Trinajstić information content (AvgIpc) is 2.93. The van der Waals surface area contributed by atoms with Gasteiger partial charge in [-0.25, -0.2) is 8.78 Å². The van der Waals surface area contributed by atoms with Gasteiger partial charge in [-0.05, 0) is 18.2 Å². The van der Waals surface area contributed by atoms with Crippen LogP contribution in [0.5, 0.6) is 5.75 Å². The van der Waals surface area contributed by atoms with E-state index in [4.69, 9.17) is 16.3 Å². The molecule has 2 aliphatic rings. The number of hydrogen-bond donors (Lipinski definition) is 2. The van der Waals surface area contributed by atoms with Gasteiger partial charge in [0.1, 0.15) is 12.4 Å². The Morgan fingerprint density at radius 3 is 2.90 bits per heavy atom. The number of alkyl halides is 2. The maximum Gasteiger partial charge on any atom is 0.262 e. The van der Waals surface area contributed by atoms with E-state index in [1.165, 1.54) is 0 Å². The highest BCUT2D eigenvalue weighted by Gasteiger charge is 2.43. The Kier molecular flexibility index (Phi) is 4.60. The van der Waals surface area contributed by atoms with Gasteiger partial charge in [0, 0.05) is 17.0 Å². The molecule has 21 heavy (non-hydrogen) atoms. The van der Waals surface area contributed by atoms with Crippen molar-refractivity contribution in [3.63, 3.8) is 0 Å². The third kappa shape index (κ3) is 3.39. The fourth-order valence-corrected chi connectivity index (χ4v) is 2.66. The number of rotatable bonds is 2. The second kappa shape index (κ2) is 5.94. The highest BCUT2D eigenvalue weighted by molar-refractivity contribution is 6.30. The average molecular weight is 339 g/mol. The van der Waals surface area contributed by atoms with Crippen LogP contribution in [0, 0.1) is 0 Å². The Bertz CT molecular complexity index is 557. The Morgan fingerprint density at radius 1 is 1.48 bits per heavy atom. The zero-order valence-electron chi connectivity index (χ0n) is 10.9. The van der Waals surface area contributed by atoms with E-state index in [1.807, 2.05) is 0 Å². The Morgan fingerprint density at radius 2 is 2.24 bits per heavy atom. The molecule has 1 aromatic rings. The number of benzene rings is 1. The van der Waals surface area contributed by atoms with Gasteiger partial charge in [-0.2, -0.15) is 0 Å². The van der Waals surface area contributed by atoms with Crippen molar-refractivity contribution in [3.05, 3.63) is 28.8 Å². The molecule has 3 rings (SSSR count). The van der Waals surface area contributed by atoms with Crippen LogP contribution in [0.3, 0.4) is 0 Å². The van der Waals surface area contributed by atoms with Gasteiger partial charge in [0.15, 0.2) is 0 Å². The smallest absolute Gasteiger partial charge is 0.262 e. The number of hydrogen-bond acceptors (Lipinski definition) is 3. The summed E-state index contributed by atoms with van der Waals surface area (Å²) in [6, 6.07) is 3.92. The molecule has 0 spiro atoms. The fourth-order valence-electron chi connectivity index (χ4n) is 2.48. The van der Waals surface area contributed by atoms with E-state index in [1.54, 1.807) is 18.2 Å². The molecule has 2 atom stereocenters. The Labute approximate surface area is 131 Å². The maximum absolute atomic E-state index is 13.1. The van der Waals surface area contributed by atoms with Gasteiger partial charge in [0.2, 0.25) is 5.91 Å². The molecule has 0 radical (unpaired) electrons. The molecule has 1 saturated heterocycles. The van der Waals surface area contributed by atoms with Crippen molar-refractivity contribution in [2.45, 2.75) is 24.4 Å². The molecular formula is C13H14Cl2F2N2O2. The highest BCUT2D eigenvalue weighted by Crippen LogP contribution is 2.34. The molecule has 0 aliphatic carbocycles. The zero-order valence-corrected chi connectivity index (χ0v) is 12.4. The van der Waals surface area contributed by atoms with Crippen molar-refractivity contribution in [1.82, 2.24) is 10.6 Å². The number of carbonyl (C=O) groups excluding carboxylic acids is 1. The van der Waals surface area contributed by atoms with Crippen LogP contribution in [0.1, 0.15) is 18.0 Å². The summed E-state index contributed by atoms with van der Waals surface area (Å²) in [6.07, 6.45) is -0.477. The Hall–Kier alpha value is -1.11. The fraction of sp³-hybridized carbons (Fsp3) is 0.462. The van der Waals surface area contributed by atoms with Gasteiger partial charge < -0.3 is 10.1 Å². The van der Waals surface area contributed by atoms with Crippen molar-refractivity contribution < 1.29 is 18.3 Å². The first-order valence-corrected chi connectivity index (χ1v) is 6.66. The first kappa shape index (κ1) is 16.3. The number of amides is 1. The molecule has 2 heterocycles. The molecule has 2 unspecified atom stereocenters. The molecule has 0 bridgehead atoms. The molecule has 1 amide bonds. The minimum absolute atomic E-state index is 0. The molecule has 1 fully saturated rings. The summed E-state index contributed by atoms with van der Waals surface area (Å²) in [5, 5.41) is 5.79. The lowest BCUT2D eigenvalue weighted by molar-refractivity contribution is -0.124. The lowest BCUT2D eigenvalue weighted by atomic mass is 10.1. The summed E-state index contributed by atoms with van der Waals surface area (Å²) >= 11 is 5.91. The van der Waals surface area contributed by atoms with Crippen molar-refractivity contribution in [1.29, 1.82) is 0 Å². The van der Waals surface area contributed by atoms with E-state index in [9.17, 15) is 13.6 Å². The minimum atomic E-state index is -2.82. The van der Waals surface area contributed by atoms with Crippen LogP contribution >= 0.6 is 24.0 Å². The predicted octanol–water partition coefficient (Wildman–Crippen LogP) is 2.31. The molecule has 0 aromatic heterocycles. The van der Waals surface area contributed by atoms with E-state index in [0.717, 1.165) is 5.56 Å². The quantitative estimate of drug-likeness (QED) is 0.869. The maximum atomic E-state index is 13.1. The second-order valence-corrected chi connectivity index (χ2v) is 5.48. The largest absolute Gasteiger partial charge is 0.491 e. The predicted molar refractivity (Wildman–Crippen MR) is 76.4 cm³/mol. The normalized spacial score (nSPS) is 25.7. The summed E-state index contributed by atoms with van der Waals surface area (Å²) in [6.45, 7) is -0.181. The van der Waals surface area contributed by atoms with Gasteiger partial charge in [0.05, 0.1) is 18.6 Å². The van der Waals surface area contributed by atoms with Gasteiger partial charge in [0.25, 0.3) is 5.92 Å². The standard InChI is InChI=1S/C13H13ClF2N2O2.ClH/c14-7-1-2-11-8(3-7)10(5-20-11)18-12(19)9-4-13(15,16)6-17-9;/h1-3,9-10,17H,4-6H2,(H,18,19);1H. The third-order valence-corrected chi connectivity index (χ3v) is 3.73. The molecular weight excluding hydrogens is 325 g/mol. The van der Waals surface area contributed by atoms with Gasteiger partial charge in [-0.1, -0.05) is 11.6 Å². The van der Waals surface area contributed by atoms with Crippen molar-refractivity contribution in [2.75, 3.05) is 13.2 Å². The first-order chi connectivity index (χ1) is 9.44. The van der Waals surface area contributed by atoms with E-state index in [2.05, 4.69) is 10.6 Å².